The van der Waals surface area contributed by atoms with Crippen LogP contribution in [0, 0.1) is 5.82 Å². The zero-order valence-corrected chi connectivity index (χ0v) is 14.5. The van der Waals surface area contributed by atoms with Gasteiger partial charge in [0.1, 0.15) is 12.1 Å². The Kier molecular flexibility index (Phi) is 4.46. The van der Waals surface area contributed by atoms with Crippen LogP contribution in [0.5, 0.6) is 0 Å². The van der Waals surface area contributed by atoms with Gasteiger partial charge in [-0.15, -0.1) is 0 Å². The number of aryl methyl sites for hydroxylation is 1. The second kappa shape index (κ2) is 6.92. The van der Waals surface area contributed by atoms with Crippen molar-refractivity contribution in [3.63, 3.8) is 0 Å². The molecular formula is C19H19FN4O2. The molecule has 1 aliphatic rings. The van der Waals surface area contributed by atoms with Crippen molar-refractivity contribution in [2.24, 2.45) is 0 Å². The third-order valence-corrected chi connectivity index (χ3v) is 4.78. The fourth-order valence-electron chi connectivity index (χ4n) is 3.36. The van der Waals surface area contributed by atoms with E-state index < -0.39 is 5.41 Å². The topological polar surface area (TPSA) is 73.9 Å². The highest BCUT2D eigenvalue weighted by molar-refractivity contribution is 5.55. The molecule has 4 rings (SSSR count). The van der Waals surface area contributed by atoms with E-state index >= 15 is 0 Å². The Morgan fingerprint density at radius 2 is 2.08 bits per heavy atom. The number of nitrogens with zero attached hydrogens (tertiary/aromatic N) is 4. The van der Waals surface area contributed by atoms with E-state index in [-0.39, 0.29) is 5.82 Å². The molecule has 6 nitrogen and oxygen atoms in total. The van der Waals surface area contributed by atoms with Crippen molar-refractivity contribution >= 4 is 0 Å². The van der Waals surface area contributed by atoms with Crippen molar-refractivity contribution in [2.45, 2.75) is 31.6 Å². The van der Waals surface area contributed by atoms with Gasteiger partial charge >= 0.3 is 0 Å². The Morgan fingerprint density at radius 3 is 2.81 bits per heavy atom. The number of benzene rings is 1. The molecule has 1 fully saturated rings. The van der Waals surface area contributed by atoms with Crippen LogP contribution in [0.2, 0.25) is 0 Å². The van der Waals surface area contributed by atoms with E-state index in [4.69, 9.17) is 9.26 Å². The highest BCUT2D eigenvalue weighted by atomic mass is 19.1. The lowest BCUT2D eigenvalue weighted by Gasteiger charge is -2.23. The van der Waals surface area contributed by atoms with Crippen LogP contribution in [0.1, 0.15) is 36.8 Å². The molecule has 0 spiro atoms. The summed E-state index contributed by atoms with van der Waals surface area (Å²) in [6, 6.07) is 6.41. The van der Waals surface area contributed by atoms with E-state index in [1.165, 1.54) is 18.5 Å². The third kappa shape index (κ3) is 2.88. The van der Waals surface area contributed by atoms with Gasteiger partial charge in [-0.1, -0.05) is 30.6 Å². The van der Waals surface area contributed by atoms with Gasteiger partial charge in [0.15, 0.2) is 5.82 Å². The molecule has 0 bridgehead atoms. The van der Waals surface area contributed by atoms with Gasteiger partial charge < -0.3 is 9.26 Å². The first-order chi connectivity index (χ1) is 12.7. The van der Waals surface area contributed by atoms with E-state index in [1.807, 2.05) is 0 Å². The van der Waals surface area contributed by atoms with E-state index in [0.717, 1.165) is 29.7 Å². The Hall–Kier alpha value is -2.67. The normalized spacial score (nSPS) is 19.8. The molecule has 0 amide bonds. The Morgan fingerprint density at radius 1 is 1.23 bits per heavy atom. The standard InChI is InChI=1S/C19H19FN4O2/c1-2-3-16-15(10-21-12-22-16)17-23-18(24-26-17)19(8-9-25-11-19)13-4-6-14(20)7-5-13/h4-7,10,12H,2-3,8-9,11H2,1H3. The minimum atomic E-state index is -0.532. The third-order valence-electron chi connectivity index (χ3n) is 4.78. The van der Waals surface area contributed by atoms with Crippen LogP contribution in [0.15, 0.2) is 41.3 Å². The van der Waals surface area contributed by atoms with Gasteiger partial charge in [-0.05, 0) is 30.5 Å². The van der Waals surface area contributed by atoms with Crippen molar-refractivity contribution < 1.29 is 13.7 Å². The van der Waals surface area contributed by atoms with Crippen LogP contribution in [-0.4, -0.2) is 33.3 Å². The number of rotatable bonds is 5. The van der Waals surface area contributed by atoms with Crippen molar-refractivity contribution in [1.82, 2.24) is 20.1 Å². The first-order valence-corrected chi connectivity index (χ1v) is 8.70. The smallest absolute Gasteiger partial charge is 0.261 e. The van der Waals surface area contributed by atoms with Crippen molar-refractivity contribution in [2.75, 3.05) is 13.2 Å². The summed E-state index contributed by atoms with van der Waals surface area (Å²) in [7, 11) is 0. The first-order valence-electron chi connectivity index (χ1n) is 8.70. The molecular weight excluding hydrogens is 335 g/mol. The van der Waals surface area contributed by atoms with E-state index in [9.17, 15) is 4.39 Å². The number of hydrogen-bond acceptors (Lipinski definition) is 6. The molecule has 2 aromatic heterocycles. The number of aromatic nitrogens is 4. The quantitative estimate of drug-likeness (QED) is 0.700. The molecule has 1 aliphatic heterocycles. The second-order valence-electron chi connectivity index (χ2n) is 6.45. The van der Waals surface area contributed by atoms with Gasteiger partial charge in [0.05, 0.1) is 23.3 Å². The predicted molar refractivity (Wildman–Crippen MR) is 91.9 cm³/mol. The number of ether oxygens (including phenoxy) is 1. The molecule has 3 heterocycles. The molecule has 1 aromatic carbocycles. The fraction of sp³-hybridized carbons (Fsp3) is 0.368. The predicted octanol–water partition coefficient (Wildman–Crippen LogP) is 3.32. The lowest BCUT2D eigenvalue weighted by molar-refractivity contribution is 0.182. The largest absolute Gasteiger partial charge is 0.380 e. The summed E-state index contributed by atoms with van der Waals surface area (Å²) < 4.78 is 24.5. The van der Waals surface area contributed by atoms with Crippen molar-refractivity contribution in [1.29, 1.82) is 0 Å². The maximum Gasteiger partial charge on any atom is 0.261 e. The Labute approximate surface area is 150 Å². The van der Waals surface area contributed by atoms with Crippen LogP contribution in [0.4, 0.5) is 4.39 Å². The molecule has 1 atom stereocenters. The van der Waals surface area contributed by atoms with Crippen molar-refractivity contribution in [3.05, 3.63) is 59.7 Å². The van der Waals surface area contributed by atoms with Gasteiger partial charge in [-0.3, -0.25) is 0 Å². The van der Waals surface area contributed by atoms with E-state index in [2.05, 4.69) is 27.0 Å². The summed E-state index contributed by atoms with van der Waals surface area (Å²) >= 11 is 0. The molecule has 0 saturated carbocycles. The average molecular weight is 354 g/mol. The van der Waals surface area contributed by atoms with Gasteiger partial charge in [-0.25, -0.2) is 14.4 Å². The summed E-state index contributed by atoms with van der Waals surface area (Å²) in [5, 5.41) is 4.23. The van der Waals surface area contributed by atoms with E-state index in [0.29, 0.717) is 31.3 Å². The van der Waals surface area contributed by atoms with E-state index in [1.54, 1.807) is 18.3 Å². The van der Waals surface area contributed by atoms with Crippen LogP contribution < -0.4 is 0 Å². The van der Waals surface area contributed by atoms with Crippen LogP contribution in [-0.2, 0) is 16.6 Å². The van der Waals surface area contributed by atoms with Crippen LogP contribution >= 0.6 is 0 Å². The van der Waals surface area contributed by atoms with Crippen molar-refractivity contribution in [3.8, 4) is 11.5 Å². The fourth-order valence-corrected chi connectivity index (χ4v) is 3.36. The maximum atomic E-state index is 13.3. The molecule has 0 aliphatic carbocycles. The highest BCUT2D eigenvalue weighted by Gasteiger charge is 2.43. The van der Waals surface area contributed by atoms with Gasteiger partial charge in [0, 0.05) is 12.8 Å². The number of hydrogen-bond donors (Lipinski definition) is 0. The summed E-state index contributed by atoms with van der Waals surface area (Å²) in [6.45, 7) is 3.12. The number of halogens is 1. The molecule has 3 aromatic rings. The Balaban J connectivity index is 1.75. The monoisotopic (exact) mass is 354 g/mol. The first kappa shape index (κ1) is 16.8. The van der Waals surface area contributed by atoms with Gasteiger partial charge in [-0.2, -0.15) is 4.98 Å². The molecule has 0 N–H and O–H groups in total. The summed E-state index contributed by atoms with van der Waals surface area (Å²) in [6.07, 6.45) is 5.70. The molecule has 1 saturated heterocycles. The van der Waals surface area contributed by atoms with Crippen LogP contribution in [0.3, 0.4) is 0 Å². The molecule has 134 valence electrons. The van der Waals surface area contributed by atoms with Gasteiger partial charge in [0.2, 0.25) is 0 Å². The van der Waals surface area contributed by atoms with Gasteiger partial charge in [0.25, 0.3) is 5.89 Å². The zero-order chi connectivity index (χ0) is 18.0. The summed E-state index contributed by atoms with van der Waals surface area (Å²) in [5.74, 6) is 0.669. The minimum absolute atomic E-state index is 0.276. The molecule has 26 heavy (non-hydrogen) atoms. The summed E-state index contributed by atoms with van der Waals surface area (Å²) in [4.78, 5) is 13.1. The zero-order valence-electron chi connectivity index (χ0n) is 14.5. The average Bonchev–Trinajstić information content (AvgIpc) is 3.33. The Bertz CT molecular complexity index is 889. The molecule has 7 heteroatoms. The summed E-state index contributed by atoms with van der Waals surface area (Å²) in [5.41, 5.74) is 2.02. The maximum absolute atomic E-state index is 13.3. The SMILES string of the molecule is CCCc1ncncc1-c1nc(C2(c3ccc(F)cc3)CCOC2)no1. The lowest BCUT2D eigenvalue weighted by atomic mass is 9.79. The highest BCUT2D eigenvalue weighted by Crippen LogP contribution is 2.39. The van der Waals surface area contributed by atoms with Crippen LogP contribution in [0.25, 0.3) is 11.5 Å². The minimum Gasteiger partial charge on any atom is -0.380 e. The second-order valence-corrected chi connectivity index (χ2v) is 6.45. The molecule has 0 radical (unpaired) electrons. The molecule has 1 unspecified atom stereocenters. The lowest BCUT2D eigenvalue weighted by Crippen LogP contribution is -2.29.